The Balaban J connectivity index is 3.12. The van der Waals surface area contributed by atoms with Gasteiger partial charge in [-0.15, -0.1) is 0 Å². The van der Waals surface area contributed by atoms with Gasteiger partial charge in [-0.3, -0.25) is 4.79 Å². The second-order valence-electron chi connectivity index (χ2n) is 3.43. The molecule has 0 spiro atoms. The number of benzene rings is 1. The molecule has 0 radical (unpaired) electrons. The SMILES string of the molecule is Cc1cc(S(=O)(=O)NCC(N)=O)cc(N)c1Cl. The highest BCUT2D eigenvalue weighted by molar-refractivity contribution is 7.89. The summed E-state index contributed by atoms with van der Waals surface area (Å²) in [6, 6.07) is 2.58. The van der Waals surface area contributed by atoms with Gasteiger partial charge >= 0.3 is 0 Å². The monoisotopic (exact) mass is 277 g/mol. The first-order chi connectivity index (χ1) is 7.74. The van der Waals surface area contributed by atoms with E-state index in [-0.39, 0.29) is 10.6 Å². The Morgan fingerprint density at radius 1 is 1.47 bits per heavy atom. The molecule has 0 atom stereocenters. The second-order valence-corrected chi connectivity index (χ2v) is 5.58. The number of aryl methyl sites for hydroxylation is 1. The number of sulfonamides is 1. The molecule has 1 rings (SSSR count). The quantitative estimate of drug-likeness (QED) is 0.672. The van der Waals surface area contributed by atoms with Crippen LogP contribution in [-0.4, -0.2) is 20.9 Å². The maximum Gasteiger partial charge on any atom is 0.241 e. The fourth-order valence-electron chi connectivity index (χ4n) is 1.17. The van der Waals surface area contributed by atoms with Gasteiger partial charge in [-0.05, 0) is 24.6 Å². The molecule has 8 heteroatoms. The van der Waals surface area contributed by atoms with Crippen molar-refractivity contribution in [1.29, 1.82) is 0 Å². The summed E-state index contributed by atoms with van der Waals surface area (Å²) in [7, 11) is -3.81. The number of halogens is 1. The molecule has 6 nitrogen and oxygen atoms in total. The normalized spacial score (nSPS) is 11.4. The van der Waals surface area contributed by atoms with Crippen LogP contribution in [0.5, 0.6) is 0 Å². The summed E-state index contributed by atoms with van der Waals surface area (Å²) >= 11 is 5.81. The molecule has 94 valence electrons. The van der Waals surface area contributed by atoms with E-state index in [1.807, 2.05) is 4.72 Å². The van der Waals surface area contributed by atoms with Crippen LogP contribution in [-0.2, 0) is 14.8 Å². The standard InChI is InChI=1S/C9H12ClN3O3S/c1-5-2-6(3-7(11)9(5)10)17(15,16)13-4-8(12)14/h2-3,13H,4,11H2,1H3,(H2,12,14). The number of carbonyl (C=O) groups excluding carboxylic acids is 1. The minimum Gasteiger partial charge on any atom is -0.397 e. The number of nitrogen functional groups attached to an aromatic ring is 1. The van der Waals surface area contributed by atoms with E-state index in [0.717, 1.165) is 0 Å². The first kappa shape index (κ1) is 13.8. The molecule has 0 heterocycles. The first-order valence-corrected chi connectivity index (χ1v) is 6.43. The third-order valence-electron chi connectivity index (χ3n) is 2.00. The number of hydrogen-bond acceptors (Lipinski definition) is 4. The van der Waals surface area contributed by atoms with Gasteiger partial charge in [0.05, 0.1) is 22.2 Å². The molecule has 0 bridgehead atoms. The van der Waals surface area contributed by atoms with Crippen LogP contribution in [0.4, 0.5) is 5.69 Å². The van der Waals surface area contributed by atoms with Crippen molar-refractivity contribution >= 4 is 33.2 Å². The van der Waals surface area contributed by atoms with Crippen molar-refractivity contribution in [2.45, 2.75) is 11.8 Å². The third-order valence-corrected chi connectivity index (χ3v) is 3.90. The molecule has 1 aromatic rings. The van der Waals surface area contributed by atoms with Gasteiger partial charge in [0, 0.05) is 0 Å². The Morgan fingerprint density at radius 3 is 2.53 bits per heavy atom. The van der Waals surface area contributed by atoms with Crippen LogP contribution in [0.15, 0.2) is 17.0 Å². The average molecular weight is 278 g/mol. The molecule has 1 aromatic carbocycles. The largest absolute Gasteiger partial charge is 0.397 e. The van der Waals surface area contributed by atoms with Crippen molar-refractivity contribution in [3.8, 4) is 0 Å². The van der Waals surface area contributed by atoms with Crippen LogP contribution in [0.3, 0.4) is 0 Å². The van der Waals surface area contributed by atoms with Crippen molar-refractivity contribution in [2.24, 2.45) is 5.73 Å². The third kappa shape index (κ3) is 3.32. The highest BCUT2D eigenvalue weighted by Gasteiger charge is 2.17. The van der Waals surface area contributed by atoms with E-state index in [1.54, 1.807) is 6.92 Å². The zero-order chi connectivity index (χ0) is 13.2. The van der Waals surface area contributed by atoms with Crippen molar-refractivity contribution in [2.75, 3.05) is 12.3 Å². The molecule has 0 aromatic heterocycles. The molecule has 5 N–H and O–H groups in total. The molecule has 0 unspecified atom stereocenters. The number of amides is 1. The number of hydrogen-bond donors (Lipinski definition) is 3. The van der Waals surface area contributed by atoms with Crippen LogP contribution in [0.25, 0.3) is 0 Å². The molecular weight excluding hydrogens is 266 g/mol. The summed E-state index contributed by atoms with van der Waals surface area (Å²) in [6.45, 7) is 1.16. The Labute approximate surface area is 104 Å². The number of rotatable bonds is 4. The van der Waals surface area contributed by atoms with Gasteiger partial charge in [0.25, 0.3) is 0 Å². The topological polar surface area (TPSA) is 115 Å². The fourth-order valence-corrected chi connectivity index (χ4v) is 2.39. The molecule has 0 fully saturated rings. The van der Waals surface area contributed by atoms with Crippen molar-refractivity contribution in [3.63, 3.8) is 0 Å². The number of nitrogens with two attached hydrogens (primary N) is 2. The average Bonchev–Trinajstić information content (AvgIpc) is 2.22. The highest BCUT2D eigenvalue weighted by Crippen LogP contribution is 2.26. The Morgan fingerprint density at radius 2 is 2.06 bits per heavy atom. The molecule has 0 aliphatic heterocycles. The predicted molar refractivity (Wildman–Crippen MR) is 65.0 cm³/mol. The van der Waals surface area contributed by atoms with Crippen molar-refractivity contribution in [1.82, 2.24) is 4.72 Å². The van der Waals surface area contributed by atoms with Crippen molar-refractivity contribution < 1.29 is 13.2 Å². The minimum absolute atomic E-state index is 0.0573. The number of nitrogens with one attached hydrogen (secondary N) is 1. The second kappa shape index (κ2) is 4.91. The summed E-state index contributed by atoms with van der Waals surface area (Å²) in [5.41, 5.74) is 11.1. The highest BCUT2D eigenvalue weighted by atomic mass is 35.5. The van der Waals surface area contributed by atoms with E-state index in [4.69, 9.17) is 23.1 Å². The summed E-state index contributed by atoms with van der Waals surface area (Å²) in [6.07, 6.45) is 0. The van der Waals surface area contributed by atoms with Crippen LogP contribution >= 0.6 is 11.6 Å². The zero-order valence-electron chi connectivity index (χ0n) is 9.03. The Bertz CT molecular complexity index is 534. The molecule has 1 amide bonds. The Kier molecular flexibility index (Phi) is 3.97. The van der Waals surface area contributed by atoms with E-state index in [1.165, 1.54) is 12.1 Å². The zero-order valence-corrected chi connectivity index (χ0v) is 10.6. The lowest BCUT2D eigenvalue weighted by molar-refractivity contribution is -0.116. The lowest BCUT2D eigenvalue weighted by Crippen LogP contribution is -2.33. The first-order valence-electron chi connectivity index (χ1n) is 4.57. The van der Waals surface area contributed by atoms with Crippen molar-refractivity contribution in [3.05, 3.63) is 22.7 Å². The molecule has 0 saturated carbocycles. The lowest BCUT2D eigenvalue weighted by atomic mass is 10.2. The van der Waals surface area contributed by atoms with Gasteiger partial charge in [-0.2, -0.15) is 0 Å². The summed E-state index contributed by atoms with van der Waals surface area (Å²) < 4.78 is 25.5. The summed E-state index contributed by atoms with van der Waals surface area (Å²) in [5, 5.41) is 0.304. The van der Waals surface area contributed by atoms with Crippen LogP contribution in [0.2, 0.25) is 5.02 Å². The minimum atomic E-state index is -3.81. The smallest absolute Gasteiger partial charge is 0.241 e. The molecule has 0 saturated heterocycles. The molecule has 17 heavy (non-hydrogen) atoms. The van der Waals surface area contributed by atoms with Gasteiger partial charge < -0.3 is 11.5 Å². The van der Waals surface area contributed by atoms with Crippen LogP contribution in [0, 0.1) is 6.92 Å². The van der Waals surface area contributed by atoms with Gasteiger partial charge in [0.15, 0.2) is 0 Å². The van der Waals surface area contributed by atoms with Crippen LogP contribution in [0.1, 0.15) is 5.56 Å². The molecule has 0 aliphatic rings. The van der Waals surface area contributed by atoms with E-state index >= 15 is 0 Å². The molecule has 0 aliphatic carbocycles. The fraction of sp³-hybridized carbons (Fsp3) is 0.222. The summed E-state index contributed by atoms with van der Waals surface area (Å²) in [5.74, 6) is -0.771. The van der Waals surface area contributed by atoms with Gasteiger partial charge in [-0.25, -0.2) is 13.1 Å². The van der Waals surface area contributed by atoms with Crippen LogP contribution < -0.4 is 16.2 Å². The van der Waals surface area contributed by atoms with Gasteiger partial charge in [-0.1, -0.05) is 11.6 Å². The maximum atomic E-state index is 11.7. The number of carbonyl (C=O) groups is 1. The number of anilines is 1. The van der Waals surface area contributed by atoms with E-state index in [9.17, 15) is 13.2 Å². The lowest BCUT2D eigenvalue weighted by Gasteiger charge is -2.08. The summed E-state index contributed by atoms with van der Waals surface area (Å²) in [4.78, 5) is 10.5. The maximum absolute atomic E-state index is 11.7. The molecular formula is C9H12ClN3O3S. The van der Waals surface area contributed by atoms with Gasteiger partial charge in [0.1, 0.15) is 0 Å². The predicted octanol–water partition coefficient (Wildman–Crippen LogP) is -0.00578. The van der Waals surface area contributed by atoms with E-state index < -0.39 is 22.5 Å². The Hall–Kier alpha value is -1.31. The van der Waals surface area contributed by atoms with Gasteiger partial charge in [0.2, 0.25) is 15.9 Å². The van der Waals surface area contributed by atoms with E-state index in [2.05, 4.69) is 0 Å². The number of primary amides is 1. The van der Waals surface area contributed by atoms with E-state index in [0.29, 0.717) is 10.6 Å².